The molecule has 4 nitrogen and oxygen atoms in total. The Kier molecular flexibility index (Phi) is 3.49. The topological polar surface area (TPSA) is 59.2 Å². The van der Waals surface area contributed by atoms with E-state index in [9.17, 15) is 4.79 Å². The third-order valence-electron chi connectivity index (χ3n) is 3.08. The lowest BCUT2D eigenvalue weighted by molar-refractivity contribution is 0.0665. The summed E-state index contributed by atoms with van der Waals surface area (Å²) in [5.41, 5.74) is 6.81. The number of piperidine rings is 1. The SMILES string of the molecule is Cc1nc(C)c(C(=O)N2CC(C)CC(N)C2)s1. The Labute approximate surface area is 106 Å². The standard InChI is InChI=1S/C12H19N3OS/c1-7-4-10(13)6-15(5-7)12(16)11-8(2)14-9(3)17-11/h7,10H,4-6,13H2,1-3H3. The highest BCUT2D eigenvalue weighted by molar-refractivity contribution is 7.13. The molecule has 2 heterocycles. The third-order valence-corrected chi connectivity index (χ3v) is 4.14. The first-order chi connectivity index (χ1) is 7.97. The minimum atomic E-state index is 0.0927. The first-order valence-electron chi connectivity index (χ1n) is 5.96. The maximum absolute atomic E-state index is 12.4. The minimum Gasteiger partial charge on any atom is -0.336 e. The van der Waals surface area contributed by atoms with Crippen LogP contribution in [-0.2, 0) is 0 Å². The van der Waals surface area contributed by atoms with Crippen molar-refractivity contribution in [2.24, 2.45) is 11.7 Å². The van der Waals surface area contributed by atoms with Crippen LogP contribution in [0, 0.1) is 19.8 Å². The van der Waals surface area contributed by atoms with Crippen LogP contribution in [0.5, 0.6) is 0 Å². The second kappa shape index (κ2) is 4.74. The van der Waals surface area contributed by atoms with E-state index in [2.05, 4.69) is 11.9 Å². The van der Waals surface area contributed by atoms with Gasteiger partial charge in [0.05, 0.1) is 10.7 Å². The quantitative estimate of drug-likeness (QED) is 0.826. The molecule has 0 radical (unpaired) electrons. The van der Waals surface area contributed by atoms with Gasteiger partial charge in [0.15, 0.2) is 0 Å². The molecule has 17 heavy (non-hydrogen) atoms. The number of amides is 1. The van der Waals surface area contributed by atoms with Crippen LogP contribution in [0.2, 0.25) is 0 Å². The van der Waals surface area contributed by atoms with Crippen LogP contribution in [0.3, 0.4) is 0 Å². The van der Waals surface area contributed by atoms with E-state index in [0.29, 0.717) is 12.5 Å². The minimum absolute atomic E-state index is 0.0927. The highest BCUT2D eigenvalue weighted by Crippen LogP contribution is 2.22. The molecule has 0 saturated carbocycles. The van der Waals surface area contributed by atoms with Gasteiger partial charge in [-0.3, -0.25) is 4.79 Å². The van der Waals surface area contributed by atoms with E-state index in [1.165, 1.54) is 11.3 Å². The summed E-state index contributed by atoms with van der Waals surface area (Å²) in [7, 11) is 0. The molecule has 0 bridgehead atoms. The highest BCUT2D eigenvalue weighted by Gasteiger charge is 2.28. The Morgan fingerprint density at radius 2 is 2.18 bits per heavy atom. The number of aromatic nitrogens is 1. The molecule has 1 amide bonds. The largest absolute Gasteiger partial charge is 0.336 e. The molecule has 2 atom stereocenters. The number of thiazole rings is 1. The number of likely N-dealkylation sites (tertiary alicyclic amines) is 1. The fraction of sp³-hybridized carbons (Fsp3) is 0.667. The second-order valence-electron chi connectivity index (χ2n) is 4.96. The number of nitrogens with zero attached hydrogens (tertiary/aromatic N) is 2. The summed E-state index contributed by atoms with van der Waals surface area (Å²) in [5, 5.41) is 0.945. The summed E-state index contributed by atoms with van der Waals surface area (Å²) < 4.78 is 0. The third kappa shape index (κ3) is 2.66. The van der Waals surface area contributed by atoms with Gasteiger partial charge < -0.3 is 10.6 Å². The molecule has 2 unspecified atom stereocenters. The Bertz CT molecular complexity index is 419. The van der Waals surface area contributed by atoms with Crippen molar-refractivity contribution >= 4 is 17.2 Å². The van der Waals surface area contributed by atoms with E-state index < -0.39 is 0 Å². The van der Waals surface area contributed by atoms with Crippen molar-refractivity contribution in [2.45, 2.75) is 33.2 Å². The summed E-state index contributed by atoms with van der Waals surface area (Å²) in [6.45, 7) is 7.44. The molecule has 1 aliphatic rings. The molecule has 5 heteroatoms. The Hall–Kier alpha value is -0.940. The first-order valence-corrected chi connectivity index (χ1v) is 6.78. The van der Waals surface area contributed by atoms with Gasteiger partial charge in [-0.05, 0) is 26.2 Å². The Balaban J connectivity index is 2.17. The van der Waals surface area contributed by atoms with Gasteiger partial charge in [0.1, 0.15) is 4.88 Å². The number of hydrogen-bond acceptors (Lipinski definition) is 4. The molecule has 0 aromatic carbocycles. The molecule has 1 saturated heterocycles. The fourth-order valence-corrected chi connectivity index (χ4v) is 3.33. The molecular weight excluding hydrogens is 234 g/mol. The smallest absolute Gasteiger partial charge is 0.265 e. The van der Waals surface area contributed by atoms with Crippen molar-refractivity contribution in [3.63, 3.8) is 0 Å². The summed E-state index contributed by atoms with van der Waals surface area (Å²) in [6, 6.07) is 0.108. The summed E-state index contributed by atoms with van der Waals surface area (Å²) >= 11 is 1.48. The predicted octanol–water partition coefficient (Wildman–Crippen LogP) is 1.57. The van der Waals surface area contributed by atoms with Crippen LogP contribution in [0.4, 0.5) is 0 Å². The summed E-state index contributed by atoms with van der Waals surface area (Å²) in [6.07, 6.45) is 1.00. The Morgan fingerprint density at radius 3 is 2.71 bits per heavy atom. The molecule has 1 fully saturated rings. The first kappa shape index (κ1) is 12.5. The van der Waals surface area contributed by atoms with Gasteiger partial charge in [0.2, 0.25) is 0 Å². The lowest BCUT2D eigenvalue weighted by Gasteiger charge is -2.34. The average molecular weight is 253 g/mol. The lowest BCUT2D eigenvalue weighted by atomic mass is 9.96. The van der Waals surface area contributed by atoms with Crippen molar-refractivity contribution in [3.05, 3.63) is 15.6 Å². The number of rotatable bonds is 1. The Morgan fingerprint density at radius 1 is 1.47 bits per heavy atom. The number of carbonyl (C=O) groups excluding carboxylic acids is 1. The lowest BCUT2D eigenvalue weighted by Crippen LogP contribution is -2.48. The van der Waals surface area contributed by atoms with E-state index in [0.717, 1.165) is 28.5 Å². The number of aryl methyl sites for hydroxylation is 2. The fourth-order valence-electron chi connectivity index (χ4n) is 2.44. The van der Waals surface area contributed by atoms with E-state index in [1.807, 2.05) is 18.7 Å². The zero-order valence-corrected chi connectivity index (χ0v) is 11.4. The van der Waals surface area contributed by atoms with Gasteiger partial charge in [-0.15, -0.1) is 11.3 Å². The normalized spacial score (nSPS) is 25.1. The molecule has 1 aliphatic heterocycles. The van der Waals surface area contributed by atoms with Crippen molar-refractivity contribution in [3.8, 4) is 0 Å². The number of carbonyl (C=O) groups is 1. The molecular formula is C12H19N3OS. The van der Waals surface area contributed by atoms with Gasteiger partial charge >= 0.3 is 0 Å². The monoisotopic (exact) mass is 253 g/mol. The summed E-state index contributed by atoms with van der Waals surface area (Å²) in [5.74, 6) is 0.576. The van der Waals surface area contributed by atoms with Crippen LogP contribution in [0.1, 0.15) is 33.7 Å². The van der Waals surface area contributed by atoms with Crippen molar-refractivity contribution in [1.82, 2.24) is 9.88 Å². The number of nitrogens with two attached hydrogens (primary N) is 1. The average Bonchev–Trinajstić information content (AvgIpc) is 2.55. The van der Waals surface area contributed by atoms with Crippen molar-refractivity contribution in [1.29, 1.82) is 0 Å². The van der Waals surface area contributed by atoms with Gasteiger partial charge in [-0.2, -0.15) is 0 Å². The van der Waals surface area contributed by atoms with E-state index in [1.54, 1.807) is 0 Å². The van der Waals surface area contributed by atoms with Crippen LogP contribution < -0.4 is 5.73 Å². The molecule has 0 spiro atoms. The molecule has 0 aliphatic carbocycles. The number of hydrogen-bond donors (Lipinski definition) is 1. The molecule has 94 valence electrons. The maximum Gasteiger partial charge on any atom is 0.265 e. The molecule has 2 rings (SSSR count). The molecule has 2 N–H and O–H groups in total. The van der Waals surface area contributed by atoms with Gasteiger partial charge in [-0.25, -0.2) is 4.98 Å². The van der Waals surface area contributed by atoms with E-state index >= 15 is 0 Å². The molecule has 1 aromatic heterocycles. The highest BCUT2D eigenvalue weighted by atomic mass is 32.1. The van der Waals surface area contributed by atoms with Crippen molar-refractivity contribution < 1.29 is 4.79 Å². The van der Waals surface area contributed by atoms with Gasteiger partial charge in [0, 0.05) is 19.1 Å². The zero-order chi connectivity index (χ0) is 12.6. The predicted molar refractivity (Wildman–Crippen MR) is 69.2 cm³/mol. The second-order valence-corrected chi connectivity index (χ2v) is 6.16. The van der Waals surface area contributed by atoms with E-state index in [4.69, 9.17) is 5.73 Å². The van der Waals surface area contributed by atoms with Crippen LogP contribution in [0.15, 0.2) is 0 Å². The maximum atomic E-state index is 12.4. The molecule has 1 aromatic rings. The van der Waals surface area contributed by atoms with Crippen molar-refractivity contribution in [2.75, 3.05) is 13.1 Å². The summed E-state index contributed by atoms with van der Waals surface area (Å²) in [4.78, 5) is 19.3. The van der Waals surface area contributed by atoms with Crippen LogP contribution >= 0.6 is 11.3 Å². The van der Waals surface area contributed by atoms with Crippen LogP contribution in [0.25, 0.3) is 0 Å². The van der Waals surface area contributed by atoms with Gasteiger partial charge in [-0.1, -0.05) is 6.92 Å². The van der Waals surface area contributed by atoms with E-state index in [-0.39, 0.29) is 11.9 Å². The van der Waals surface area contributed by atoms with Crippen LogP contribution in [-0.4, -0.2) is 34.9 Å². The van der Waals surface area contributed by atoms with Gasteiger partial charge in [0.25, 0.3) is 5.91 Å². The zero-order valence-electron chi connectivity index (χ0n) is 10.6.